The molecule has 0 heteroatoms. The van der Waals surface area contributed by atoms with E-state index in [1.165, 1.54) is 25.7 Å². The minimum absolute atomic E-state index is 1.07. The number of rotatable bonds is 0. The summed E-state index contributed by atoms with van der Waals surface area (Å²) in [6, 6.07) is 0. The van der Waals surface area contributed by atoms with Gasteiger partial charge in [0, 0.05) is 0 Å². The lowest BCUT2D eigenvalue weighted by Gasteiger charge is -1.91. The molecule has 1 aliphatic carbocycles. The van der Waals surface area contributed by atoms with Crippen molar-refractivity contribution >= 4 is 0 Å². The SMILES string of the molecule is C1=C\CC/C=C\CCC/C=C/C/C=C/1. The second-order valence-corrected chi connectivity index (χ2v) is 3.54. The Bertz CT molecular complexity index is 228. The van der Waals surface area contributed by atoms with Crippen molar-refractivity contribution in [3.8, 4) is 0 Å². The van der Waals surface area contributed by atoms with Crippen LogP contribution in [-0.2, 0) is 0 Å². The highest BCUT2D eigenvalue weighted by Gasteiger charge is 1.82. The first kappa shape index (κ1) is 11.0. The minimum atomic E-state index is 1.07. The van der Waals surface area contributed by atoms with Crippen LogP contribution in [-0.4, -0.2) is 0 Å². The van der Waals surface area contributed by atoms with Crippen molar-refractivity contribution in [3.63, 3.8) is 0 Å². The van der Waals surface area contributed by atoms with Crippen LogP contribution < -0.4 is 0 Å². The molecule has 0 spiro atoms. The molecule has 1 aliphatic rings. The van der Waals surface area contributed by atoms with E-state index in [-0.39, 0.29) is 0 Å². The van der Waals surface area contributed by atoms with E-state index in [0.717, 1.165) is 12.8 Å². The quantitative estimate of drug-likeness (QED) is 0.489. The first-order valence-electron chi connectivity index (χ1n) is 5.62. The van der Waals surface area contributed by atoms with Gasteiger partial charge in [-0.3, -0.25) is 0 Å². The molecule has 0 aromatic rings. The Morgan fingerprint density at radius 3 is 2.07 bits per heavy atom. The van der Waals surface area contributed by atoms with E-state index in [2.05, 4.69) is 48.6 Å². The molecule has 0 unspecified atom stereocenters. The zero-order chi connectivity index (χ0) is 9.90. The van der Waals surface area contributed by atoms with Crippen LogP contribution in [0.5, 0.6) is 0 Å². The van der Waals surface area contributed by atoms with Gasteiger partial charge in [0.05, 0.1) is 0 Å². The van der Waals surface area contributed by atoms with Gasteiger partial charge in [-0.15, -0.1) is 0 Å². The lowest BCUT2D eigenvalue weighted by molar-refractivity contribution is 0.860. The number of hydrogen-bond donors (Lipinski definition) is 0. The van der Waals surface area contributed by atoms with Gasteiger partial charge in [-0.2, -0.15) is 0 Å². The van der Waals surface area contributed by atoms with E-state index in [1.54, 1.807) is 0 Å². The van der Waals surface area contributed by atoms with Gasteiger partial charge in [0.15, 0.2) is 0 Å². The van der Waals surface area contributed by atoms with E-state index in [4.69, 9.17) is 0 Å². The molecule has 0 saturated carbocycles. The van der Waals surface area contributed by atoms with Crippen molar-refractivity contribution in [1.29, 1.82) is 0 Å². The Balaban J connectivity index is 2.35. The largest absolute Gasteiger partial charge is 0.0885 e. The fourth-order valence-electron chi connectivity index (χ4n) is 1.41. The summed E-state index contributed by atoms with van der Waals surface area (Å²) in [7, 11) is 0. The topological polar surface area (TPSA) is 0 Å². The minimum Gasteiger partial charge on any atom is -0.0885 e. The maximum Gasteiger partial charge on any atom is -0.0166 e. The Morgan fingerprint density at radius 1 is 0.500 bits per heavy atom. The third kappa shape index (κ3) is 6.47. The second-order valence-electron chi connectivity index (χ2n) is 3.54. The second kappa shape index (κ2) is 8.55. The first-order chi connectivity index (χ1) is 7.00. The number of hydrogen-bond acceptors (Lipinski definition) is 0. The van der Waals surface area contributed by atoms with Crippen molar-refractivity contribution in [2.45, 2.75) is 38.5 Å². The van der Waals surface area contributed by atoms with Gasteiger partial charge in [0.25, 0.3) is 0 Å². The predicted octanol–water partition coefficient (Wildman–Crippen LogP) is 4.57. The third-order valence-electron chi connectivity index (χ3n) is 2.23. The Labute approximate surface area is 87.7 Å². The normalized spacial score (nSPS) is 28.6. The molecule has 0 nitrogen and oxygen atoms in total. The van der Waals surface area contributed by atoms with Crippen LogP contribution in [0.1, 0.15) is 38.5 Å². The highest BCUT2D eigenvalue weighted by atomic mass is 13.9. The molecule has 0 radical (unpaired) electrons. The summed E-state index contributed by atoms with van der Waals surface area (Å²) >= 11 is 0. The summed E-state index contributed by atoms with van der Waals surface area (Å²) in [5.74, 6) is 0. The predicted molar refractivity (Wildman–Crippen MR) is 64.3 cm³/mol. The molecule has 0 fully saturated rings. The molecule has 0 atom stereocenters. The van der Waals surface area contributed by atoms with Crippen molar-refractivity contribution in [1.82, 2.24) is 0 Å². The van der Waals surface area contributed by atoms with Crippen molar-refractivity contribution in [2.24, 2.45) is 0 Å². The van der Waals surface area contributed by atoms with Gasteiger partial charge in [-0.25, -0.2) is 0 Å². The molecule has 0 bridgehead atoms. The molecule has 0 amide bonds. The van der Waals surface area contributed by atoms with Crippen LogP contribution in [0.2, 0.25) is 0 Å². The van der Waals surface area contributed by atoms with Gasteiger partial charge in [0.1, 0.15) is 0 Å². The summed E-state index contributed by atoms with van der Waals surface area (Å²) in [5, 5.41) is 0. The monoisotopic (exact) mass is 188 g/mol. The molecule has 0 saturated heterocycles. The maximum atomic E-state index is 2.31. The van der Waals surface area contributed by atoms with Gasteiger partial charge >= 0.3 is 0 Å². The Kier molecular flexibility index (Phi) is 6.74. The van der Waals surface area contributed by atoms with E-state index in [0.29, 0.717) is 0 Å². The smallest absolute Gasteiger partial charge is 0.0166 e. The van der Waals surface area contributed by atoms with E-state index >= 15 is 0 Å². The Hall–Kier alpha value is -1.04. The van der Waals surface area contributed by atoms with E-state index in [9.17, 15) is 0 Å². The van der Waals surface area contributed by atoms with Gasteiger partial charge in [0.2, 0.25) is 0 Å². The van der Waals surface area contributed by atoms with Crippen molar-refractivity contribution < 1.29 is 0 Å². The molecule has 0 heterocycles. The summed E-state index contributed by atoms with van der Waals surface area (Å²) in [6.07, 6.45) is 25.0. The van der Waals surface area contributed by atoms with E-state index < -0.39 is 0 Å². The van der Waals surface area contributed by atoms with Crippen molar-refractivity contribution in [2.75, 3.05) is 0 Å². The standard InChI is InChI=1S/C14H20/c1-2-4-6-8-10-12-14-13-11-9-7-5-3-1/h1-4,7,9-10,12H,5-6,8,11,13-14H2/b3-1+,4-2-,9-7+,12-10-. The average Bonchev–Trinajstić information content (AvgIpc) is 2.22. The first-order valence-corrected chi connectivity index (χ1v) is 5.62. The zero-order valence-electron chi connectivity index (χ0n) is 8.86. The summed E-state index contributed by atoms with van der Waals surface area (Å²) in [4.78, 5) is 0. The summed E-state index contributed by atoms with van der Waals surface area (Å²) in [5.41, 5.74) is 0. The summed E-state index contributed by atoms with van der Waals surface area (Å²) in [6.45, 7) is 0. The molecular weight excluding hydrogens is 168 g/mol. The van der Waals surface area contributed by atoms with E-state index in [1.807, 2.05) is 0 Å². The van der Waals surface area contributed by atoms with Gasteiger partial charge in [-0.05, 0) is 38.5 Å². The summed E-state index contributed by atoms with van der Waals surface area (Å²) < 4.78 is 0. The molecular formula is C14H20. The van der Waals surface area contributed by atoms with Gasteiger partial charge < -0.3 is 0 Å². The molecule has 14 heavy (non-hydrogen) atoms. The molecule has 0 aliphatic heterocycles. The lowest BCUT2D eigenvalue weighted by Crippen LogP contribution is -1.71. The highest BCUT2D eigenvalue weighted by molar-refractivity contribution is 5.05. The third-order valence-corrected chi connectivity index (χ3v) is 2.23. The average molecular weight is 188 g/mol. The van der Waals surface area contributed by atoms with Crippen LogP contribution >= 0.6 is 0 Å². The van der Waals surface area contributed by atoms with Crippen LogP contribution in [0.3, 0.4) is 0 Å². The number of allylic oxidation sites excluding steroid dienone is 8. The fraction of sp³-hybridized carbons (Fsp3) is 0.429. The lowest BCUT2D eigenvalue weighted by atomic mass is 10.2. The van der Waals surface area contributed by atoms with Crippen LogP contribution in [0.15, 0.2) is 48.6 Å². The van der Waals surface area contributed by atoms with Crippen LogP contribution in [0, 0.1) is 0 Å². The maximum absolute atomic E-state index is 2.31. The Morgan fingerprint density at radius 2 is 1.14 bits per heavy atom. The zero-order valence-corrected chi connectivity index (χ0v) is 8.86. The fourth-order valence-corrected chi connectivity index (χ4v) is 1.41. The van der Waals surface area contributed by atoms with Crippen LogP contribution in [0.25, 0.3) is 0 Å². The molecule has 0 aromatic carbocycles. The highest BCUT2D eigenvalue weighted by Crippen LogP contribution is 2.02. The van der Waals surface area contributed by atoms with Crippen LogP contribution in [0.4, 0.5) is 0 Å². The molecule has 0 N–H and O–H groups in total. The van der Waals surface area contributed by atoms with Crippen molar-refractivity contribution in [3.05, 3.63) is 48.6 Å². The molecule has 1 rings (SSSR count). The molecule has 0 aromatic heterocycles. The van der Waals surface area contributed by atoms with Gasteiger partial charge in [-0.1, -0.05) is 48.6 Å². The molecule has 76 valence electrons.